The molecule has 0 saturated heterocycles. The van der Waals surface area contributed by atoms with E-state index in [9.17, 15) is 9.18 Å². The molecule has 2 aromatic heterocycles. The molecule has 8 heteroatoms. The molecular weight excluding hydrogens is 375 g/mol. The van der Waals surface area contributed by atoms with Gasteiger partial charge in [0.05, 0.1) is 11.3 Å². The number of nitrogens with zero attached hydrogens (tertiary/aromatic N) is 1. The van der Waals surface area contributed by atoms with Gasteiger partial charge in [-0.2, -0.15) is 0 Å². The van der Waals surface area contributed by atoms with Crippen molar-refractivity contribution >= 4 is 18.2 Å². The summed E-state index contributed by atoms with van der Waals surface area (Å²) < 4.78 is 13.4. The Kier molecular flexibility index (Phi) is 5.36. The number of nitrogen functional groups attached to an aromatic ring is 1. The van der Waals surface area contributed by atoms with E-state index in [4.69, 9.17) is 15.6 Å². The van der Waals surface area contributed by atoms with Gasteiger partial charge in [0.1, 0.15) is 11.6 Å². The number of pyridine rings is 1. The van der Waals surface area contributed by atoms with Gasteiger partial charge in [0.25, 0.3) is 12.4 Å². The number of nitrogens with one attached hydrogen (secondary N) is 2. The van der Waals surface area contributed by atoms with Gasteiger partial charge in [-0.3, -0.25) is 9.59 Å². The first-order valence-corrected chi connectivity index (χ1v) is 8.89. The zero-order chi connectivity index (χ0) is 21.2. The Hall–Kier alpha value is -3.68. The number of anilines is 1. The van der Waals surface area contributed by atoms with Crippen molar-refractivity contribution in [2.24, 2.45) is 0 Å². The molecule has 0 radical (unpaired) electrons. The van der Waals surface area contributed by atoms with E-state index in [0.717, 1.165) is 28.1 Å². The summed E-state index contributed by atoms with van der Waals surface area (Å²) in [6, 6.07) is 9.74. The minimum absolute atomic E-state index is 0.139. The van der Waals surface area contributed by atoms with E-state index in [1.165, 1.54) is 12.1 Å². The van der Waals surface area contributed by atoms with Crippen LogP contribution in [0.1, 0.15) is 29.9 Å². The number of rotatable bonds is 2. The molecule has 1 aliphatic rings. The van der Waals surface area contributed by atoms with E-state index in [1.807, 2.05) is 19.9 Å². The normalized spacial score (nSPS) is 14.2. The van der Waals surface area contributed by atoms with Crippen molar-refractivity contribution < 1.29 is 19.1 Å². The summed E-state index contributed by atoms with van der Waals surface area (Å²) in [5.41, 5.74) is 10.1. The lowest BCUT2D eigenvalue weighted by molar-refractivity contribution is -0.122. The molecule has 0 spiro atoms. The lowest BCUT2D eigenvalue weighted by Gasteiger charge is -2.30. The third kappa shape index (κ3) is 4.11. The highest BCUT2D eigenvalue weighted by molar-refractivity contribution is 6.07. The monoisotopic (exact) mass is 396 g/mol. The Morgan fingerprint density at radius 3 is 2.45 bits per heavy atom. The lowest BCUT2D eigenvalue weighted by Crippen LogP contribution is -2.49. The number of carbonyl (C=O) groups excluding carboxylic acids is 1. The number of hydrogen-bond acceptors (Lipinski definition) is 4. The average Bonchev–Trinajstić information content (AvgIpc) is 3.01. The van der Waals surface area contributed by atoms with Crippen molar-refractivity contribution in [3.8, 4) is 22.4 Å². The van der Waals surface area contributed by atoms with E-state index in [-0.39, 0.29) is 23.7 Å². The number of fused-ring (bicyclic) bond motifs is 1. The summed E-state index contributed by atoms with van der Waals surface area (Å²) in [6.45, 7) is 3.71. The first kappa shape index (κ1) is 20.1. The number of nitrogens with two attached hydrogens (primary N) is 1. The molecule has 3 aromatic rings. The minimum Gasteiger partial charge on any atom is -0.483 e. The Labute approximate surface area is 166 Å². The summed E-state index contributed by atoms with van der Waals surface area (Å²) in [7, 11) is 0. The number of aromatic amines is 1. The third-order valence-corrected chi connectivity index (χ3v) is 4.58. The van der Waals surface area contributed by atoms with Crippen LogP contribution in [0.2, 0.25) is 0 Å². The van der Waals surface area contributed by atoms with Gasteiger partial charge < -0.3 is 21.1 Å². The maximum absolute atomic E-state index is 13.4. The second-order valence-electron chi connectivity index (χ2n) is 7.33. The van der Waals surface area contributed by atoms with Crippen molar-refractivity contribution in [2.45, 2.75) is 25.8 Å². The molecular formula is C21H21FN4O3. The highest BCUT2D eigenvalue weighted by atomic mass is 19.1. The van der Waals surface area contributed by atoms with Crippen LogP contribution in [0.3, 0.4) is 0 Å². The van der Waals surface area contributed by atoms with Gasteiger partial charge in [0.2, 0.25) is 0 Å². The lowest BCUT2D eigenvalue weighted by atomic mass is 9.88. The fraction of sp³-hybridized carbons (Fsp3) is 0.190. The fourth-order valence-corrected chi connectivity index (χ4v) is 3.52. The standard InChI is InChI=1S/C20H19FN4O.CH2O2/c1-20(2)10-14-17(19(26)25-20)16(11-3-5-13(21)6-4-11)18(24-14)12-7-8-23-15(22)9-12;2-1-3/h3-9,24H,10H2,1-2H3,(H2,22,23)(H,25,26);1H,(H,2,3). The van der Waals surface area contributed by atoms with Crippen molar-refractivity contribution in [1.29, 1.82) is 0 Å². The van der Waals surface area contributed by atoms with Crippen molar-refractivity contribution in [1.82, 2.24) is 15.3 Å². The van der Waals surface area contributed by atoms with E-state index in [1.54, 1.807) is 24.4 Å². The predicted molar refractivity (Wildman–Crippen MR) is 108 cm³/mol. The number of halogens is 1. The number of amides is 1. The molecule has 0 aliphatic carbocycles. The molecule has 5 N–H and O–H groups in total. The molecule has 0 atom stereocenters. The van der Waals surface area contributed by atoms with Crippen LogP contribution in [0.25, 0.3) is 22.4 Å². The molecule has 0 unspecified atom stereocenters. The van der Waals surface area contributed by atoms with E-state index in [0.29, 0.717) is 17.8 Å². The molecule has 1 aliphatic heterocycles. The van der Waals surface area contributed by atoms with E-state index >= 15 is 0 Å². The molecule has 1 aromatic carbocycles. The van der Waals surface area contributed by atoms with Crippen LogP contribution in [-0.4, -0.2) is 33.0 Å². The highest BCUT2D eigenvalue weighted by Crippen LogP contribution is 2.39. The number of carbonyl (C=O) groups is 2. The smallest absolute Gasteiger partial charge is 0.290 e. The van der Waals surface area contributed by atoms with Gasteiger partial charge in [-0.05, 0) is 43.7 Å². The molecule has 0 bridgehead atoms. The predicted octanol–water partition coefficient (Wildman–Crippen LogP) is 3.23. The average molecular weight is 396 g/mol. The van der Waals surface area contributed by atoms with Gasteiger partial charge in [-0.25, -0.2) is 9.37 Å². The molecule has 150 valence electrons. The Morgan fingerprint density at radius 2 is 1.83 bits per heavy atom. The fourth-order valence-electron chi connectivity index (χ4n) is 3.52. The summed E-state index contributed by atoms with van der Waals surface area (Å²) in [5.74, 6) is -0.0662. The second-order valence-corrected chi connectivity index (χ2v) is 7.33. The maximum Gasteiger partial charge on any atom is 0.290 e. The Bertz CT molecular complexity index is 1060. The van der Waals surface area contributed by atoms with Crippen molar-refractivity contribution in [2.75, 3.05) is 5.73 Å². The van der Waals surface area contributed by atoms with Crippen LogP contribution in [0.4, 0.5) is 10.2 Å². The van der Waals surface area contributed by atoms with Gasteiger partial charge in [0.15, 0.2) is 0 Å². The number of benzene rings is 1. The number of aromatic nitrogens is 2. The highest BCUT2D eigenvalue weighted by Gasteiger charge is 2.35. The molecule has 1 amide bonds. The zero-order valence-corrected chi connectivity index (χ0v) is 16.0. The maximum atomic E-state index is 13.4. The molecule has 4 rings (SSSR count). The third-order valence-electron chi connectivity index (χ3n) is 4.58. The topological polar surface area (TPSA) is 121 Å². The van der Waals surface area contributed by atoms with Crippen LogP contribution in [0.5, 0.6) is 0 Å². The largest absolute Gasteiger partial charge is 0.483 e. The molecule has 0 saturated carbocycles. The quantitative estimate of drug-likeness (QED) is 0.496. The zero-order valence-electron chi connectivity index (χ0n) is 16.0. The number of hydrogen-bond donors (Lipinski definition) is 4. The second kappa shape index (κ2) is 7.75. The number of H-pyrrole nitrogens is 1. The van der Waals surface area contributed by atoms with Gasteiger partial charge in [-0.15, -0.1) is 0 Å². The Morgan fingerprint density at radius 1 is 1.17 bits per heavy atom. The van der Waals surface area contributed by atoms with Crippen LogP contribution < -0.4 is 11.1 Å². The van der Waals surface area contributed by atoms with Crippen LogP contribution >= 0.6 is 0 Å². The summed E-state index contributed by atoms with van der Waals surface area (Å²) in [5, 5.41) is 9.93. The summed E-state index contributed by atoms with van der Waals surface area (Å²) in [4.78, 5) is 28.6. The SMILES string of the molecule is CC1(C)Cc2[nH]c(-c3ccnc(N)c3)c(-c3ccc(F)cc3)c2C(=O)N1.O=CO. The van der Waals surface area contributed by atoms with E-state index in [2.05, 4.69) is 15.3 Å². The first-order chi connectivity index (χ1) is 13.8. The summed E-state index contributed by atoms with van der Waals surface area (Å²) >= 11 is 0. The van der Waals surface area contributed by atoms with Gasteiger partial charge in [-0.1, -0.05) is 12.1 Å². The van der Waals surface area contributed by atoms with E-state index < -0.39 is 0 Å². The van der Waals surface area contributed by atoms with Crippen molar-refractivity contribution in [3.05, 3.63) is 59.7 Å². The van der Waals surface area contributed by atoms with Gasteiger partial charge in [0, 0.05) is 35.0 Å². The molecule has 3 heterocycles. The first-order valence-electron chi connectivity index (χ1n) is 8.89. The summed E-state index contributed by atoms with van der Waals surface area (Å²) in [6.07, 6.45) is 2.30. The van der Waals surface area contributed by atoms with Crippen LogP contribution in [-0.2, 0) is 11.2 Å². The molecule has 7 nitrogen and oxygen atoms in total. The molecule has 0 fully saturated rings. The van der Waals surface area contributed by atoms with Crippen LogP contribution in [0.15, 0.2) is 42.6 Å². The van der Waals surface area contributed by atoms with Gasteiger partial charge >= 0.3 is 0 Å². The minimum atomic E-state index is -0.344. The molecule has 29 heavy (non-hydrogen) atoms. The Balaban J connectivity index is 0.000000755. The van der Waals surface area contributed by atoms with Crippen LogP contribution in [0, 0.1) is 5.82 Å². The van der Waals surface area contributed by atoms with Crippen molar-refractivity contribution in [3.63, 3.8) is 0 Å². The number of carboxylic acid groups (broad SMARTS) is 1.